The molecule has 0 saturated heterocycles. The molecule has 0 amide bonds. The van der Waals surface area contributed by atoms with Gasteiger partial charge < -0.3 is 19.6 Å². The molecule has 0 saturated carbocycles. The minimum absolute atomic E-state index is 1.07. The van der Waals surface area contributed by atoms with Crippen LogP contribution in [-0.4, -0.2) is 0 Å². The lowest BCUT2D eigenvalue weighted by atomic mass is 9.93. The minimum Gasteiger partial charge on any atom is -0.311 e. The maximum atomic E-state index is 2.41. The summed E-state index contributed by atoms with van der Waals surface area (Å²) >= 11 is 0. The van der Waals surface area contributed by atoms with Gasteiger partial charge in [-0.25, -0.2) is 0 Å². The van der Waals surface area contributed by atoms with Crippen LogP contribution >= 0.6 is 0 Å². The Morgan fingerprint density at radius 2 is 0.329 bits per heavy atom. The van der Waals surface area contributed by atoms with Crippen LogP contribution in [0, 0.1) is 0 Å². The molecule has 0 aliphatic carbocycles. The van der Waals surface area contributed by atoms with Crippen LogP contribution < -0.4 is 19.6 Å². The number of fused-ring (bicyclic) bond motifs is 5. The monoisotopic (exact) mass is 896 g/mol. The van der Waals surface area contributed by atoms with Gasteiger partial charge in [0.15, 0.2) is 0 Å². The van der Waals surface area contributed by atoms with Crippen molar-refractivity contribution in [2.75, 3.05) is 19.6 Å². The maximum absolute atomic E-state index is 2.41. The summed E-state index contributed by atoms with van der Waals surface area (Å²) in [5.41, 5.74) is 13.1. The van der Waals surface area contributed by atoms with Crippen molar-refractivity contribution in [1.82, 2.24) is 0 Å². The molecule has 4 nitrogen and oxygen atoms in total. The third-order valence-electron chi connectivity index (χ3n) is 13.1. The molecule has 0 aliphatic rings. The maximum Gasteiger partial charge on any atom is 0.0546 e. The zero-order chi connectivity index (χ0) is 46.6. The van der Waals surface area contributed by atoms with Gasteiger partial charge in [0.25, 0.3) is 0 Å². The van der Waals surface area contributed by atoms with Crippen molar-refractivity contribution in [1.29, 1.82) is 0 Å². The first-order valence-electron chi connectivity index (χ1n) is 23.8. The van der Waals surface area contributed by atoms with Gasteiger partial charge in [0, 0.05) is 67.6 Å². The highest BCUT2D eigenvalue weighted by molar-refractivity contribution is 6.24. The Hall–Kier alpha value is -9.38. The highest BCUT2D eigenvalue weighted by atomic mass is 15.2. The predicted molar refractivity (Wildman–Crippen MR) is 298 cm³/mol. The van der Waals surface area contributed by atoms with E-state index in [0.29, 0.717) is 0 Å². The smallest absolute Gasteiger partial charge is 0.0546 e. The van der Waals surface area contributed by atoms with Crippen LogP contribution in [0.3, 0.4) is 0 Å². The summed E-state index contributed by atoms with van der Waals surface area (Å²) in [7, 11) is 0. The van der Waals surface area contributed by atoms with Crippen molar-refractivity contribution in [3.8, 4) is 0 Å². The summed E-state index contributed by atoms with van der Waals surface area (Å²) in [5, 5.41) is 7.07. The fraction of sp³-hybridized carbons (Fsp3) is 0. The molecule has 0 aromatic heterocycles. The fourth-order valence-electron chi connectivity index (χ4n) is 10.00. The number of rotatable bonds is 12. The van der Waals surface area contributed by atoms with E-state index >= 15 is 0 Å². The summed E-state index contributed by atoms with van der Waals surface area (Å²) in [6.07, 6.45) is 0. The highest BCUT2D eigenvalue weighted by Crippen LogP contribution is 2.48. The molecular weight excluding hydrogens is 849 g/mol. The Morgan fingerprint density at radius 1 is 0.143 bits per heavy atom. The van der Waals surface area contributed by atoms with Crippen molar-refractivity contribution >= 4 is 101 Å². The van der Waals surface area contributed by atoms with Crippen LogP contribution in [0.15, 0.2) is 291 Å². The molecule has 4 heteroatoms. The second-order valence-corrected chi connectivity index (χ2v) is 17.4. The summed E-state index contributed by atoms with van der Waals surface area (Å²) < 4.78 is 0. The van der Waals surface area contributed by atoms with Gasteiger partial charge in [0.05, 0.1) is 11.4 Å². The average molecular weight is 897 g/mol. The van der Waals surface area contributed by atoms with Gasteiger partial charge in [0.2, 0.25) is 0 Å². The van der Waals surface area contributed by atoms with E-state index in [1.165, 1.54) is 21.5 Å². The first-order chi connectivity index (χ1) is 34.8. The molecule has 0 atom stereocenters. The summed E-state index contributed by atoms with van der Waals surface area (Å²) in [6, 6.07) is 104. The van der Waals surface area contributed by atoms with E-state index < -0.39 is 0 Å². The third kappa shape index (κ3) is 7.93. The molecule has 0 aliphatic heterocycles. The number of nitrogens with zero attached hydrogens (tertiary/aromatic N) is 4. The number of para-hydroxylation sites is 6. The third-order valence-corrected chi connectivity index (χ3v) is 13.1. The second kappa shape index (κ2) is 18.7. The van der Waals surface area contributed by atoms with Crippen molar-refractivity contribution in [2.45, 2.75) is 0 Å². The van der Waals surface area contributed by atoms with E-state index in [1.54, 1.807) is 0 Å². The Labute approximate surface area is 409 Å². The van der Waals surface area contributed by atoms with Crippen molar-refractivity contribution < 1.29 is 0 Å². The molecule has 12 aromatic carbocycles. The SMILES string of the molecule is c1ccc(N(c2ccccc2)c2ccc(N(c3ccccc3)c3cc4c5ccccc5c(N(c5ccccc5)c5ccc(N(c6ccccc6)c6ccccc6)cc5)cc4c4ccccc34)cc2)cc1. The van der Waals surface area contributed by atoms with Gasteiger partial charge in [-0.2, -0.15) is 0 Å². The van der Waals surface area contributed by atoms with Crippen molar-refractivity contribution in [3.63, 3.8) is 0 Å². The molecule has 332 valence electrons. The molecule has 0 heterocycles. The second-order valence-electron chi connectivity index (χ2n) is 17.4. The molecule has 0 unspecified atom stereocenters. The summed E-state index contributed by atoms with van der Waals surface area (Å²) in [5.74, 6) is 0. The van der Waals surface area contributed by atoms with E-state index in [0.717, 1.165) is 79.0 Å². The Morgan fingerprint density at radius 3 is 0.586 bits per heavy atom. The van der Waals surface area contributed by atoms with Gasteiger partial charge in [-0.05, 0) is 155 Å². The van der Waals surface area contributed by atoms with Gasteiger partial charge >= 0.3 is 0 Å². The van der Waals surface area contributed by atoms with Gasteiger partial charge in [-0.15, -0.1) is 0 Å². The van der Waals surface area contributed by atoms with Gasteiger partial charge in [0.1, 0.15) is 0 Å². The van der Waals surface area contributed by atoms with Crippen LogP contribution in [0.25, 0.3) is 32.3 Å². The van der Waals surface area contributed by atoms with Crippen LogP contribution in [0.5, 0.6) is 0 Å². The van der Waals surface area contributed by atoms with E-state index in [-0.39, 0.29) is 0 Å². The van der Waals surface area contributed by atoms with Crippen molar-refractivity contribution in [2.24, 2.45) is 0 Å². The first kappa shape index (κ1) is 42.0. The Kier molecular flexibility index (Phi) is 11.2. The number of hydrogen-bond acceptors (Lipinski definition) is 4. The molecule has 0 fully saturated rings. The van der Waals surface area contributed by atoms with E-state index in [2.05, 4.69) is 311 Å². The normalized spacial score (nSPS) is 11.1. The first-order valence-corrected chi connectivity index (χ1v) is 23.8. The topological polar surface area (TPSA) is 13.0 Å². The lowest BCUT2D eigenvalue weighted by Gasteiger charge is -2.31. The lowest BCUT2D eigenvalue weighted by molar-refractivity contribution is 1.26. The minimum atomic E-state index is 1.07. The quantitative estimate of drug-likeness (QED) is 0.113. The van der Waals surface area contributed by atoms with E-state index in [4.69, 9.17) is 0 Å². The lowest BCUT2D eigenvalue weighted by Crippen LogP contribution is -2.13. The standard InChI is InChI=1S/C66H48N4/c1-7-23-49(24-8-1)67(50-25-9-2-10-26-50)55-39-43-57(44-40-55)69(53-31-15-5-16-32-53)65-47-63-60-36-20-22-38-62(60)66(48-64(63)59-35-19-21-37-61(59)65)70(54-33-17-6-18-34-54)58-45-41-56(42-46-58)68(51-27-11-3-12-28-51)52-29-13-4-14-30-52/h1-48H. The molecule has 12 rings (SSSR count). The fourth-order valence-corrected chi connectivity index (χ4v) is 10.00. The van der Waals surface area contributed by atoms with Crippen LogP contribution in [0.4, 0.5) is 68.2 Å². The summed E-state index contributed by atoms with van der Waals surface area (Å²) in [6.45, 7) is 0. The molecule has 70 heavy (non-hydrogen) atoms. The highest BCUT2D eigenvalue weighted by Gasteiger charge is 2.23. The Balaban J connectivity index is 1.02. The molecule has 12 aromatic rings. The molecule has 0 N–H and O–H groups in total. The number of benzene rings is 12. The molecule has 0 bridgehead atoms. The van der Waals surface area contributed by atoms with E-state index in [9.17, 15) is 0 Å². The van der Waals surface area contributed by atoms with Crippen LogP contribution in [-0.2, 0) is 0 Å². The van der Waals surface area contributed by atoms with E-state index in [1.807, 2.05) is 0 Å². The average Bonchev–Trinajstić information content (AvgIpc) is 3.44. The number of anilines is 12. The van der Waals surface area contributed by atoms with Crippen LogP contribution in [0.2, 0.25) is 0 Å². The summed E-state index contributed by atoms with van der Waals surface area (Å²) in [4.78, 5) is 9.44. The molecule has 0 radical (unpaired) electrons. The molecule has 0 spiro atoms. The van der Waals surface area contributed by atoms with Crippen LogP contribution in [0.1, 0.15) is 0 Å². The Bertz CT molecular complexity index is 3360. The number of hydrogen-bond donors (Lipinski definition) is 0. The molecular formula is C66H48N4. The van der Waals surface area contributed by atoms with Crippen molar-refractivity contribution in [3.05, 3.63) is 291 Å². The largest absolute Gasteiger partial charge is 0.311 e. The zero-order valence-electron chi connectivity index (χ0n) is 38.5. The predicted octanol–water partition coefficient (Wildman–Crippen LogP) is 19.0. The zero-order valence-corrected chi connectivity index (χ0v) is 38.5. The van der Waals surface area contributed by atoms with Gasteiger partial charge in [-0.1, -0.05) is 158 Å². The van der Waals surface area contributed by atoms with Gasteiger partial charge in [-0.3, -0.25) is 0 Å².